The highest BCUT2D eigenvalue weighted by atomic mass is 32.1. The van der Waals surface area contributed by atoms with Crippen molar-refractivity contribution < 1.29 is 9.59 Å². The first-order valence-electron chi connectivity index (χ1n) is 13.6. The van der Waals surface area contributed by atoms with Crippen molar-refractivity contribution in [3.63, 3.8) is 0 Å². The lowest BCUT2D eigenvalue weighted by Gasteiger charge is -2.13. The second-order valence-electron chi connectivity index (χ2n) is 10.0. The smallest absolute Gasteiger partial charge is 0.323 e. The Balaban J connectivity index is 1.22. The second kappa shape index (κ2) is 12.8. The van der Waals surface area contributed by atoms with Crippen LogP contribution in [-0.4, -0.2) is 48.0 Å². The summed E-state index contributed by atoms with van der Waals surface area (Å²) >= 11 is 1.57. The average Bonchev–Trinajstić information content (AvgIpc) is 3.62. The lowest BCUT2D eigenvalue weighted by atomic mass is 10.0. The standard InChI is InChI=1S/C31H34N6O2S/c1-21-6-4-7-25(18-21)36-31(39)35-24-11-8-22(9-12-24)26-20-40-29-23(19-34-30(32)28(26)29)10-13-27(38)33-14-5-17-37-15-2-3-16-37/h4,6-13,18-20H,2-3,5,14-17H2,1H3,(H2,32,34)(H,33,38)(H2,35,36,39). The Hall–Kier alpha value is -4.21. The minimum Gasteiger partial charge on any atom is -0.383 e. The van der Waals surface area contributed by atoms with Crippen LogP contribution in [0.3, 0.4) is 0 Å². The van der Waals surface area contributed by atoms with Gasteiger partial charge in [0, 0.05) is 51.4 Å². The number of pyridine rings is 1. The van der Waals surface area contributed by atoms with Crippen LogP contribution in [0, 0.1) is 6.92 Å². The summed E-state index contributed by atoms with van der Waals surface area (Å²) in [6.07, 6.45) is 8.57. The van der Waals surface area contributed by atoms with Crippen LogP contribution in [0.4, 0.5) is 22.0 Å². The highest BCUT2D eigenvalue weighted by Crippen LogP contribution is 2.39. The predicted molar refractivity (Wildman–Crippen MR) is 166 cm³/mol. The summed E-state index contributed by atoms with van der Waals surface area (Å²) in [6, 6.07) is 14.9. The highest BCUT2D eigenvalue weighted by molar-refractivity contribution is 7.18. The SMILES string of the molecule is Cc1cccc(NC(=O)Nc2ccc(-c3csc4c(C=CC(=O)NCCCN5CCCC5)cnc(N)c34)cc2)c1. The zero-order chi connectivity index (χ0) is 27.9. The number of hydrogen-bond donors (Lipinski definition) is 4. The summed E-state index contributed by atoms with van der Waals surface area (Å²) in [7, 11) is 0. The van der Waals surface area contributed by atoms with Crippen LogP contribution in [0.1, 0.15) is 30.4 Å². The lowest BCUT2D eigenvalue weighted by Crippen LogP contribution is -2.27. The molecule has 3 heterocycles. The zero-order valence-electron chi connectivity index (χ0n) is 22.6. The van der Waals surface area contributed by atoms with E-state index in [0.29, 0.717) is 18.1 Å². The van der Waals surface area contributed by atoms with Crippen molar-refractivity contribution in [2.45, 2.75) is 26.2 Å². The molecule has 2 aromatic heterocycles. The number of thiophene rings is 1. The Morgan fingerprint density at radius 1 is 1.07 bits per heavy atom. The molecule has 1 aliphatic heterocycles. The van der Waals surface area contributed by atoms with E-state index in [2.05, 4.69) is 25.8 Å². The Labute approximate surface area is 238 Å². The van der Waals surface area contributed by atoms with Crippen LogP contribution in [0.25, 0.3) is 27.3 Å². The molecule has 0 bridgehead atoms. The molecule has 5 rings (SSSR count). The number of nitrogens with two attached hydrogens (primary N) is 1. The molecule has 1 fully saturated rings. The van der Waals surface area contributed by atoms with E-state index in [1.54, 1.807) is 29.7 Å². The average molecular weight is 555 g/mol. The summed E-state index contributed by atoms with van der Waals surface area (Å²) in [6.45, 7) is 6.01. The molecule has 9 heteroatoms. The van der Waals surface area contributed by atoms with Gasteiger partial charge in [0.25, 0.3) is 0 Å². The summed E-state index contributed by atoms with van der Waals surface area (Å²) in [5.74, 6) is 0.326. The number of nitrogens with zero attached hydrogens (tertiary/aromatic N) is 2. The van der Waals surface area contributed by atoms with E-state index in [9.17, 15) is 9.59 Å². The van der Waals surface area contributed by atoms with Gasteiger partial charge in [-0.15, -0.1) is 11.3 Å². The number of likely N-dealkylation sites (tertiary alicyclic amines) is 1. The normalized spacial score (nSPS) is 13.6. The van der Waals surface area contributed by atoms with E-state index < -0.39 is 0 Å². The third-order valence-electron chi connectivity index (χ3n) is 6.95. The molecule has 1 saturated heterocycles. The number of carbonyl (C=O) groups is 2. The maximum absolute atomic E-state index is 12.4. The molecule has 3 amide bonds. The van der Waals surface area contributed by atoms with Gasteiger partial charge in [-0.05, 0) is 92.7 Å². The summed E-state index contributed by atoms with van der Waals surface area (Å²) in [4.78, 5) is 31.6. The molecular formula is C31H34N6O2S. The van der Waals surface area contributed by atoms with E-state index in [0.717, 1.165) is 51.0 Å². The quantitative estimate of drug-likeness (QED) is 0.147. The molecule has 0 aliphatic carbocycles. The van der Waals surface area contributed by atoms with Gasteiger partial charge in [0.15, 0.2) is 0 Å². The third-order valence-corrected chi connectivity index (χ3v) is 7.97. The fourth-order valence-electron chi connectivity index (χ4n) is 4.91. The number of anilines is 3. The van der Waals surface area contributed by atoms with Crippen LogP contribution in [-0.2, 0) is 4.79 Å². The molecule has 40 heavy (non-hydrogen) atoms. The van der Waals surface area contributed by atoms with Crippen molar-refractivity contribution >= 4 is 56.6 Å². The second-order valence-corrected chi connectivity index (χ2v) is 10.9. The Morgan fingerprint density at radius 3 is 2.62 bits per heavy atom. The molecule has 0 saturated carbocycles. The molecule has 0 unspecified atom stereocenters. The van der Waals surface area contributed by atoms with Crippen LogP contribution < -0.4 is 21.7 Å². The van der Waals surface area contributed by atoms with Gasteiger partial charge in [-0.2, -0.15) is 0 Å². The van der Waals surface area contributed by atoms with Crippen molar-refractivity contribution in [3.05, 3.63) is 77.3 Å². The first-order valence-corrected chi connectivity index (χ1v) is 14.4. The predicted octanol–water partition coefficient (Wildman–Crippen LogP) is 6.11. The van der Waals surface area contributed by atoms with Crippen LogP contribution >= 0.6 is 11.3 Å². The van der Waals surface area contributed by atoms with E-state index in [4.69, 9.17) is 5.73 Å². The lowest BCUT2D eigenvalue weighted by molar-refractivity contribution is -0.116. The van der Waals surface area contributed by atoms with Gasteiger partial charge >= 0.3 is 6.03 Å². The van der Waals surface area contributed by atoms with Crippen LogP contribution in [0.5, 0.6) is 0 Å². The highest BCUT2D eigenvalue weighted by Gasteiger charge is 2.14. The fraction of sp³-hybridized carbons (Fsp3) is 0.258. The van der Waals surface area contributed by atoms with Crippen molar-refractivity contribution in [3.8, 4) is 11.1 Å². The van der Waals surface area contributed by atoms with E-state index in [1.165, 1.54) is 25.9 Å². The molecule has 0 radical (unpaired) electrons. The monoisotopic (exact) mass is 554 g/mol. The summed E-state index contributed by atoms with van der Waals surface area (Å²) in [5.41, 5.74) is 11.6. The summed E-state index contributed by atoms with van der Waals surface area (Å²) in [5, 5.41) is 11.6. The van der Waals surface area contributed by atoms with Crippen molar-refractivity contribution in [2.75, 3.05) is 42.5 Å². The van der Waals surface area contributed by atoms with Gasteiger partial charge in [0.05, 0.1) is 0 Å². The Morgan fingerprint density at radius 2 is 1.85 bits per heavy atom. The molecule has 0 spiro atoms. The Kier molecular flexibility index (Phi) is 8.73. The minimum absolute atomic E-state index is 0.113. The van der Waals surface area contributed by atoms with E-state index in [-0.39, 0.29) is 11.9 Å². The number of aromatic nitrogens is 1. The third kappa shape index (κ3) is 6.86. The molecule has 4 aromatic rings. The molecular weight excluding hydrogens is 520 g/mol. The van der Waals surface area contributed by atoms with Gasteiger partial charge in [0.2, 0.25) is 5.91 Å². The number of nitrogens with one attached hydrogen (secondary N) is 3. The number of nitrogen functional groups attached to an aromatic ring is 1. The van der Waals surface area contributed by atoms with Crippen molar-refractivity contribution in [1.29, 1.82) is 0 Å². The molecule has 0 atom stereocenters. The Bertz CT molecular complexity index is 1520. The molecule has 1 aliphatic rings. The topological polar surface area (TPSA) is 112 Å². The van der Waals surface area contributed by atoms with Gasteiger partial charge < -0.3 is 26.6 Å². The molecule has 2 aromatic carbocycles. The maximum Gasteiger partial charge on any atom is 0.323 e. The molecule has 5 N–H and O–H groups in total. The minimum atomic E-state index is -0.306. The number of urea groups is 1. The van der Waals surface area contributed by atoms with Crippen LogP contribution in [0.15, 0.2) is 66.2 Å². The number of hydrogen-bond acceptors (Lipinski definition) is 6. The van der Waals surface area contributed by atoms with E-state index >= 15 is 0 Å². The number of rotatable bonds is 9. The zero-order valence-corrected chi connectivity index (χ0v) is 23.4. The number of carbonyl (C=O) groups excluding carboxylic acids is 2. The largest absolute Gasteiger partial charge is 0.383 e. The van der Waals surface area contributed by atoms with Gasteiger partial charge in [-0.25, -0.2) is 9.78 Å². The van der Waals surface area contributed by atoms with Gasteiger partial charge in [-0.3, -0.25) is 4.79 Å². The van der Waals surface area contributed by atoms with Crippen LogP contribution in [0.2, 0.25) is 0 Å². The number of amides is 3. The number of fused-ring (bicyclic) bond motifs is 1. The molecule has 206 valence electrons. The van der Waals surface area contributed by atoms with Crippen molar-refractivity contribution in [2.24, 2.45) is 0 Å². The fourth-order valence-corrected chi connectivity index (χ4v) is 5.99. The first-order chi connectivity index (χ1) is 19.5. The number of aryl methyl sites for hydroxylation is 1. The van der Waals surface area contributed by atoms with Gasteiger partial charge in [-0.1, -0.05) is 24.3 Å². The summed E-state index contributed by atoms with van der Waals surface area (Å²) < 4.78 is 0.973. The maximum atomic E-state index is 12.4. The van der Waals surface area contributed by atoms with E-state index in [1.807, 2.05) is 60.8 Å². The number of benzene rings is 2. The molecule has 8 nitrogen and oxygen atoms in total. The first kappa shape index (κ1) is 27.4. The van der Waals surface area contributed by atoms with Crippen molar-refractivity contribution in [1.82, 2.24) is 15.2 Å². The van der Waals surface area contributed by atoms with Gasteiger partial charge in [0.1, 0.15) is 5.82 Å².